The van der Waals surface area contributed by atoms with Crippen molar-refractivity contribution in [2.45, 2.75) is 32.7 Å². The molecule has 32 heavy (non-hydrogen) atoms. The Kier molecular flexibility index (Phi) is 5.57. The average Bonchev–Trinajstić information content (AvgIpc) is 3.39. The van der Waals surface area contributed by atoms with Gasteiger partial charge in [-0.2, -0.15) is 5.10 Å². The van der Waals surface area contributed by atoms with Gasteiger partial charge in [0.15, 0.2) is 11.5 Å². The summed E-state index contributed by atoms with van der Waals surface area (Å²) >= 11 is 0. The second kappa shape index (κ2) is 8.67. The number of anilines is 1. The molecule has 2 aliphatic rings. The van der Waals surface area contributed by atoms with E-state index in [-0.39, 0.29) is 11.9 Å². The predicted octanol–water partition coefficient (Wildman–Crippen LogP) is 4.04. The second-order valence-electron chi connectivity index (χ2n) is 8.37. The van der Waals surface area contributed by atoms with Gasteiger partial charge in [-0.25, -0.2) is 4.68 Å². The number of benzene rings is 2. The molecular weight excluding hydrogens is 404 g/mol. The molecule has 7 nitrogen and oxygen atoms in total. The molecule has 1 saturated heterocycles. The zero-order valence-electron chi connectivity index (χ0n) is 18.5. The van der Waals surface area contributed by atoms with Crippen LogP contribution in [0.25, 0.3) is 5.69 Å². The van der Waals surface area contributed by atoms with Crippen LogP contribution in [0.15, 0.2) is 48.5 Å². The van der Waals surface area contributed by atoms with Gasteiger partial charge in [0.05, 0.1) is 29.3 Å². The lowest BCUT2D eigenvalue weighted by atomic mass is 10.0. The number of hydrogen-bond acceptors (Lipinski definition) is 5. The van der Waals surface area contributed by atoms with Crippen LogP contribution in [0.2, 0.25) is 0 Å². The first-order valence-corrected chi connectivity index (χ1v) is 11.2. The fourth-order valence-corrected chi connectivity index (χ4v) is 4.67. The molecule has 2 aromatic carbocycles. The van der Waals surface area contributed by atoms with E-state index in [0.717, 1.165) is 53.6 Å². The second-order valence-corrected chi connectivity index (χ2v) is 8.37. The number of fused-ring (bicyclic) bond motifs is 1. The van der Waals surface area contributed by atoms with E-state index in [1.165, 1.54) is 5.56 Å². The minimum absolute atomic E-state index is 0.0201. The quantitative estimate of drug-likeness (QED) is 0.659. The van der Waals surface area contributed by atoms with Crippen molar-refractivity contribution in [2.24, 2.45) is 0 Å². The summed E-state index contributed by atoms with van der Waals surface area (Å²) in [5, 5.41) is 7.74. The standard InChI is InChI=1S/C25H28N4O3/c1-17-25(18(2)29(27-17)20-7-4-3-5-8-20)26-24(30)16-28-12-6-9-21(28)19-10-11-22-23(15-19)32-14-13-31-22/h3-5,7-8,10-11,15,21H,6,9,12-14,16H2,1-2H3,(H,26,30)/t21-/m0/s1. The lowest BCUT2D eigenvalue weighted by Crippen LogP contribution is -2.33. The molecule has 1 atom stereocenters. The monoisotopic (exact) mass is 432 g/mol. The number of hydrogen-bond donors (Lipinski definition) is 1. The summed E-state index contributed by atoms with van der Waals surface area (Å²) in [6.07, 6.45) is 2.09. The highest BCUT2D eigenvalue weighted by Gasteiger charge is 2.29. The molecule has 1 N–H and O–H groups in total. The molecule has 3 aromatic rings. The van der Waals surface area contributed by atoms with E-state index in [9.17, 15) is 4.79 Å². The minimum atomic E-state index is -0.0201. The number of para-hydroxylation sites is 1. The fourth-order valence-electron chi connectivity index (χ4n) is 4.67. The first-order chi connectivity index (χ1) is 15.6. The van der Waals surface area contributed by atoms with Crippen molar-refractivity contribution < 1.29 is 14.3 Å². The molecule has 0 saturated carbocycles. The Balaban J connectivity index is 1.30. The van der Waals surface area contributed by atoms with Crippen molar-refractivity contribution in [1.82, 2.24) is 14.7 Å². The Labute approximate surface area is 187 Å². The van der Waals surface area contributed by atoms with E-state index in [0.29, 0.717) is 19.8 Å². The molecular formula is C25H28N4O3. The van der Waals surface area contributed by atoms with Crippen molar-refractivity contribution in [3.63, 3.8) is 0 Å². The van der Waals surface area contributed by atoms with Crippen LogP contribution in [0.3, 0.4) is 0 Å². The summed E-state index contributed by atoms with van der Waals surface area (Å²) in [7, 11) is 0. The Morgan fingerprint density at radius 2 is 1.88 bits per heavy atom. The van der Waals surface area contributed by atoms with Crippen LogP contribution in [0.5, 0.6) is 11.5 Å². The predicted molar refractivity (Wildman–Crippen MR) is 123 cm³/mol. The average molecular weight is 433 g/mol. The van der Waals surface area contributed by atoms with Gasteiger partial charge in [-0.15, -0.1) is 0 Å². The highest BCUT2D eigenvalue weighted by atomic mass is 16.6. The van der Waals surface area contributed by atoms with Crippen molar-refractivity contribution in [3.05, 3.63) is 65.5 Å². The van der Waals surface area contributed by atoms with Gasteiger partial charge in [0.2, 0.25) is 5.91 Å². The number of carbonyl (C=O) groups is 1. The lowest BCUT2D eigenvalue weighted by molar-refractivity contribution is -0.117. The summed E-state index contributed by atoms with van der Waals surface area (Å²) in [6.45, 7) is 6.30. The van der Waals surface area contributed by atoms with Gasteiger partial charge in [-0.05, 0) is 63.1 Å². The van der Waals surface area contributed by atoms with E-state index in [1.54, 1.807) is 0 Å². The summed E-state index contributed by atoms with van der Waals surface area (Å²) in [6, 6.07) is 16.3. The molecule has 0 unspecified atom stereocenters. The number of nitrogens with one attached hydrogen (secondary N) is 1. The van der Waals surface area contributed by atoms with Gasteiger partial charge < -0.3 is 14.8 Å². The first-order valence-electron chi connectivity index (χ1n) is 11.2. The molecule has 0 spiro atoms. The zero-order chi connectivity index (χ0) is 22.1. The molecule has 7 heteroatoms. The Morgan fingerprint density at radius 1 is 1.09 bits per heavy atom. The molecule has 166 valence electrons. The number of ether oxygens (including phenoxy) is 2. The van der Waals surface area contributed by atoms with Crippen molar-refractivity contribution in [3.8, 4) is 17.2 Å². The van der Waals surface area contributed by atoms with Gasteiger partial charge in [0, 0.05) is 6.04 Å². The highest BCUT2D eigenvalue weighted by molar-refractivity contribution is 5.93. The van der Waals surface area contributed by atoms with Gasteiger partial charge in [0.1, 0.15) is 13.2 Å². The third-order valence-electron chi connectivity index (χ3n) is 6.22. The fraction of sp³-hybridized carbons (Fsp3) is 0.360. The van der Waals surface area contributed by atoms with Crippen LogP contribution < -0.4 is 14.8 Å². The number of amides is 1. The van der Waals surface area contributed by atoms with Gasteiger partial charge in [-0.1, -0.05) is 24.3 Å². The molecule has 1 fully saturated rings. The van der Waals surface area contributed by atoms with Crippen LogP contribution in [0.4, 0.5) is 5.69 Å². The summed E-state index contributed by atoms with van der Waals surface area (Å²) in [4.78, 5) is 15.2. The molecule has 3 heterocycles. The van der Waals surface area contributed by atoms with E-state index < -0.39 is 0 Å². The lowest BCUT2D eigenvalue weighted by Gasteiger charge is -2.26. The Bertz CT molecular complexity index is 1130. The third-order valence-corrected chi connectivity index (χ3v) is 6.22. The maximum Gasteiger partial charge on any atom is 0.238 e. The van der Waals surface area contributed by atoms with Crippen LogP contribution in [0, 0.1) is 13.8 Å². The van der Waals surface area contributed by atoms with Crippen LogP contribution in [0.1, 0.15) is 35.8 Å². The van der Waals surface area contributed by atoms with Crippen molar-refractivity contribution in [1.29, 1.82) is 0 Å². The van der Waals surface area contributed by atoms with Gasteiger partial charge >= 0.3 is 0 Å². The topological polar surface area (TPSA) is 68.6 Å². The van der Waals surface area contributed by atoms with Crippen LogP contribution in [-0.2, 0) is 4.79 Å². The van der Waals surface area contributed by atoms with Gasteiger partial charge in [-0.3, -0.25) is 9.69 Å². The number of likely N-dealkylation sites (tertiary alicyclic amines) is 1. The summed E-state index contributed by atoms with van der Waals surface area (Å²) in [5.74, 6) is 1.57. The zero-order valence-corrected chi connectivity index (χ0v) is 18.5. The third kappa shape index (κ3) is 3.96. The number of carbonyl (C=O) groups excluding carboxylic acids is 1. The first kappa shape index (κ1) is 20.6. The van der Waals surface area contributed by atoms with E-state index >= 15 is 0 Å². The van der Waals surface area contributed by atoms with Gasteiger partial charge in [0.25, 0.3) is 0 Å². The largest absolute Gasteiger partial charge is 0.486 e. The SMILES string of the molecule is Cc1nn(-c2ccccc2)c(C)c1NC(=O)CN1CCC[C@H]1c1ccc2c(c1)OCCO2. The number of rotatable bonds is 5. The maximum atomic E-state index is 13.0. The molecule has 1 aromatic heterocycles. The van der Waals surface area contributed by atoms with Crippen LogP contribution >= 0.6 is 0 Å². The molecule has 5 rings (SSSR count). The molecule has 0 aliphatic carbocycles. The summed E-state index contributed by atoms with van der Waals surface area (Å²) < 4.78 is 13.3. The summed E-state index contributed by atoms with van der Waals surface area (Å²) in [5.41, 5.74) is 4.67. The Morgan fingerprint density at radius 3 is 2.69 bits per heavy atom. The smallest absolute Gasteiger partial charge is 0.238 e. The van der Waals surface area contributed by atoms with Crippen molar-refractivity contribution >= 4 is 11.6 Å². The van der Waals surface area contributed by atoms with E-state index in [1.807, 2.05) is 54.9 Å². The van der Waals surface area contributed by atoms with E-state index in [2.05, 4.69) is 27.4 Å². The molecule has 0 radical (unpaired) electrons. The molecule has 2 aliphatic heterocycles. The minimum Gasteiger partial charge on any atom is -0.486 e. The Hall–Kier alpha value is -3.32. The molecule has 1 amide bonds. The van der Waals surface area contributed by atoms with E-state index in [4.69, 9.17) is 9.47 Å². The number of nitrogens with zero attached hydrogens (tertiary/aromatic N) is 3. The number of aryl methyl sites for hydroxylation is 1. The van der Waals surface area contributed by atoms with Crippen molar-refractivity contribution in [2.75, 3.05) is 31.6 Å². The highest BCUT2D eigenvalue weighted by Crippen LogP contribution is 2.38. The maximum absolute atomic E-state index is 13.0. The number of aromatic nitrogens is 2. The van der Waals surface area contributed by atoms with Crippen LogP contribution in [-0.4, -0.2) is 46.9 Å². The molecule has 0 bridgehead atoms. The normalized spacial score (nSPS) is 18.0.